The van der Waals surface area contributed by atoms with Gasteiger partial charge in [0, 0.05) is 25.8 Å². The molecule has 0 unspecified atom stereocenters. The third-order valence-electron chi connectivity index (χ3n) is 2.99. The van der Waals surface area contributed by atoms with E-state index in [-0.39, 0.29) is 0 Å². The Morgan fingerprint density at radius 3 is 2.59 bits per heavy atom. The van der Waals surface area contributed by atoms with Crippen LogP contribution in [0.5, 0.6) is 0 Å². The molecule has 0 spiro atoms. The van der Waals surface area contributed by atoms with E-state index in [2.05, 4.69) is 55.4 Å². The Kier molecular flexibility index (Phi) is 6.71. The summed E-state index contributed by atoms with van der Waals surface area (Å²) < 4.78 is 0. The molecule has 0 aliphatic rings. The summed E-state index contributed by atoms with van der Waals surface area (Å²) in [5.41, 5.74) is 2.77. The number of benzene rings is 1. The lowest BCUT2D eigenvalue weighted by atomic mass is 10.1. The second-order valence-electron chi connectivity index (χ2n) is 4.58. The first-order chi connectivity index (χ1) is 8.29. The van der Waals surface area contributed by atoms with Crippen molar-refractivity contribution in [1.29, 1.82) is 0 Å². The summed E-state index contributed by atoms with van der Waals surface area (Å²) in [7, 11) is 2.19. The van der Waals surface area contributed by atoms with Gasteiger partial charge in [-0.1, -0.05) is 38.5 Å². The van der Waals surface area contributed by atoms with Gasteiger partial charge >= 0.3 is 0 Å². The highest BCUT2D eigenvalue weighted by Crippen LogP contribution is 2.19. The van der Waals surface area contributed by atoms with E-state index in [4.69, 9.17) is 0 Å². The molecule has 0 aliphatic carbocycles. The number of unbranched alkanes of at least 4 members (excludes halogenated alkanes) is 1. The fraction of sp³-hybridized carbons (Fsp3) is 0.600. The maximum Gasteiger partial charge on any atom is 0.0409 e. The number of para-hydroxylation sites is 1. The molecule has 17 heavy (non-hydrogen) atoms. The smallest absolute Gasteiger partial charge is 0.0409 e. The summed E-state index contributed by atoms with van der Waals surface area (Å²) in [6.45, 7) is 7.64. The van der Waals surface area contributed by atoms with Gasteiger partial charge < -0.3 is 10.2 Å². The van der Waals surface area contributed by atoms with E-state index in [1.165, 1.54) is 30.5 Å². The van der Waals surface area contributed by atoms with E-state index in [1.807, 2.05) is 0 Å². The Hall–Kier alpha value is -1.02. The molecule has 1 N–H and O–H groups in total. The number of nitrogens with one attached hydrogen (secondary N) is 1. The lowest BCUT2D eigenvalue weighted by Crippen LogP contribution is -2.22. The standard InChI is InChI=1S/C15H26N2/c1-4-6-12-17(3)15-10-8-7-9-14(15)13-16-11-5-2/h7-10,16H,4-6,11-13H2,1-3H3. The van der Waals surface area contributed by atoms with Crippen LogP contribution in [0.4, 0.5) is 5.69 Å². The van der Waals surface area contributed by atoms with Crippen LogP contribution in [0.25, 0.3) is 0 Å². The van der Waals surface area contributed by atoms with Crippen LogP contribution in [-0.2, 0) is 6.54 Å². The van der Waals surface area contributed by atoms with Crippen LogP contribution >= 0.6 is 0 Å². The van der Waals surface area contributed by atoms with E-state index < -0.39 is 0 Å². The first-order valence-corrected chi connectivity index (χ1v) is 6.79. The molecule has 0 bridgehead atoms. The van der Waals surface area contributed by atoms with Crippen LogP contribution in [0, 0.1) is 0 Å². The van der Waals surface area contributed by atoms with Gasteiger partial charge in [-0.15, -0.1) is 0 Å². The van der Waals surface area contributed by atoms with Gasteiger partial charge in [0.1, 0.15) is 0 Å². The Morgan fingerprint density at radius 1 is 1.12 bits per heavy atom. The minimum Gasteiger partial charge on any atom is -0.374 e. The van der Waals surface area contributed by atoms with Crippen molar-refractivity contribution in [2.24, 2.45) is 0 Å². The van der Waals surface area contributed by atoms with Crippen molar-refractivity contribution in [3.63, 3.8) is 0 Å². The molecule has 1 aromatic carbocycles. The van der Waals surface area contributed by atoms with Crippen molar-refractivity contribution in [2.45, 2.75) is 39.7 Å². The molecule has 0 radical (unpaired) electrons. The normalized spacial score (nSPS) is 10.5. The Balaban J connectivity index is 2.62. The molecule has 0 aromatic heterocycles. The zero-order valence-electron chi connectivity index (χ0n) is 11.5. The molecule has 2 nitrogen and oxygen atoms in total. The monoisotopic (exact) mass is 234 g/mol. The summed E-state index contributed by atoms with van der Waals surface area (Å²) in [4.78, 5) is 2.37. The van der Waals surface area contributed by atoms with Crippen molar-refractivity contribution in [3.8, 4) is 0 Å². The zero-order chi connectivity index (χ0) is 12.5. The van der Waals surface area contributed by atoms with Crippen LogP contribution in [0.1, 0.15) is 38.7 Å². The summed E-state index contributed by atoms with van der Waals surface area (Å²) in [6.07, 6.45) is 3.70. The van der Waals surface area contributed by atoms with Crippen LogP contribution in [0.3, 0.4) is 0 Å². The quantitative estimate of drug-likeness (QED) is 0.693. The van der Waals surface area contributed by atoms with E-state index in [0.717, 1.165) is 19.6 Å². The fourth-order valence-electron chi connectivity index (χ4n) is 1.95. The third kappa shape index (κ3) is 4.78. The highest BCUT2D eigenvalue weighted by Gasteiger charge is 2.05. The van der Waals surface area contributed by atoms with Crippen LogP contribution < -0.4 is 10.2 Å². The van der Waals surface area contributed by atoms with Gasteiger partial charge in [-0.05, 0) is 31.0 Å². The van der Waals surface area contributed by atoms with Crippen LogP contribution in [0.2, 0.25) is 0 Å². The highest BCUT2D eigenvalue weighted by molar-refractivity contribution is 5.52. The van der Waals surface area contributed by atoms with Gasteiger partial charge in [-0.25, -0.2) is 0 Å². The van der Waals surface area contributed by atoms with Crippen molar-refractivity contribution >= 4 is 5.69 Å². The van der Waals surface area contributed by atoms with Crippen molar-refractivity contribution < 1.29 is 0 Å². The summed E-state index contributed by atoms with van der Waals surface area (Å²) >= 11 is 0. The van der Waals surface area contributed by atoms with Crippen molar-refractivity contribution in [2.75, 3.05) is 25.0 Å². The zero-order valence-corrected chi connectivity index (χ0v) is 11.5. The van der Waals surface area contributed by atoms with Gasteiger partial charge in [0.2, 0.25) is 0 Å². The molecule has 96 valence electrons. The van der Waals surface area contributed by atoms with Gasteiger partial charge in [-0.2, -0.15) is 0 Å². The fourth-order valence-corrected chi connectivity index (χ4v) is 1.95. The van der Waals surface area contributed by atoms with Crippen LogP contribution in [-0.4, -0.2) is 20.1 Å². The van der Waals surface area contributed by atoms with Gasteiger partial charge in [0.05, 0.1) is 0 Å². The molecule has 2 heteroatoms. The van der Waals surface area contributed by atoms with E-state index in [1.54, 1.807) is 0 Å². The van der Waals surface area contributed by atoms with E-state index >= 15 is 0 Å². The number of nitrogens with zero attached hydrogens (tertiary/aromatic N) is 1. The van der Waals surface area contributed by atoms with Gasteiger partial charge in [-0.3, -0.25) is 0 Å². The molecule has 0 heterocycles. The number of hydrogen-bond donors (Lipinski definition) is 1. The second-order valence-corrected chi connectivity index (χ2v) is 4.58. The molecule has 1 rings (SSSR count). The topological polar surface area (TPSA) is 15.3 Å². The lowest BCUT2D eigenvalue weighted by molar-refractivity contribution is 0.672. The summed E-state index contributed by atoms with van der Waals surface area (Å²) in [5, 5.41) is 3.48. The molecule has 0 saturated carbocycles. The van der Waals surface area contributed by atoms with Crippen molar-refractivity contribution in [3.05, 3.63) is 29.8 Å². The van der Waals surface area contributed by atoms with E-state index in [9.17, 15) is 0 Å². The predicted octanol–water partition coefficient (Wildman–Crippen LogP) is 3.42. The molecule has 1 aromatic rings. The molecule has 0 fully saturated rings. The Labute approximate surface area is 106 Å². The summed E-state index contributed by atoms with van der Waals surface area (Å²) in [5.74, 6) is 0. The van der Waals surface area contributed by atoms with Gasteiger partial charge in [0.25, 0.3) is 0 Å². The molecule has 0 amide bonds. The van der Waals surface area contributed by atoms with Crippen molar-refractivity contribution in [1.82, 2.24) is 5.32 Å². The third-order valence-corrected chi connectivity index (χ3v) is 2.99. The number of hydrogen-bond acceptors (Lipinski definition) is 2. The Bertz CT molecular complexity index is 310. The molecule has 0 saturated heterocycles. The van der Waals surface area contributed by atoms with Gasteiger partial charge in [0.15, 0.2) is 0 Å². The Morgan fingerprint density at radius 2 is 1.88 bits per heavy atom. The first kappa shape index (κ1) is 14.0. The number of anilines is 1. The highest BCUT2D eigenvalue weighted by atomic mass is 15.1. The summed E-state index contributed by atoms with van der Waals surface area (Å²) in [6, 6.07) is 8.69. The molecule has 0 atom stereocenters. The average molecular weight is 234 g/mol. The first-order valence-electron chi connectivity index (χ1n) is 6.79. The molecular formula is C15H26N2. The van der Waals surface area contributed by atoms with E-state index in [0.29, 0.717) is 0 Å². The maximum atomic E-state index is 3.48. The average Bonchev–Trinajstić information content (AvgIpc) is 2.37. The molecule has 0 aliphatic heterocycles. The SMILES string of the molecule is CCCCN(C)c1ccccc1CNCCC. The second kappa shape index (κ2) is 8.13. The maximum absolute atomic E-state index is 3.48. The minimum absolute atomic E-state index is 0.973. The lowest BCUT2D eigenvalue weighted by Gasteiger charge is -2.22. The predicted molar refractivity (Wildman–Crippen MR) is 76.6 cm³/mol. The number of rotatable bonds is 8. The molecular weight excluding hydrogens is 208 g/mol. The largest absolute Gasteiger partial charge is 0.374 e. The minimum atomic E-state index is 0.973. The van der Waals surface area contributed by atoms with Crippen LogP contribution in [0.15, 0.2) is 24.3 Å².